The number of nitrogens with one attached hydrogen (secondary N) is 1. The molecule has 9 heteroatoms. The van der Waals surface area contributed by atoms with Crippen molar-refractivity contribution in [2.45, 2.75) is 26.3 Å². The second-order valence-electron chi connectivity index (χ2n) is 7.58. The number of aromatic nitrogens is 2. The standard InChI is InChI=1S/C24H25FN4O4/c1-5-11-29-14(2)20(21(26-24(29)30)15-7-6-8-17(25)12-15)23-27-22(28-33-23)16-9-10-18(31-3)19(13-16)32-4/h6-10,12-13,21H,5,11H2,1-4H3,(H,26,30). The quantitative estimate of drug-likeness (QED) is 0.554. The number of hydrogen-bond acceptors (Lipinski definition) is 6. The number of hydrogen-bond donors (Lipinski definition) is 1. The lowest BCUT2D eigenvalue weighted by molar-refractivity contribution is 0.205. The van der Waals surface area contributed by atoms with E-state index in [0.29, 0.717) is 46.3 Å². The van der Waals surface area contributed by atoms with Crippen molar-refractivity contribution in [3.8, 4) is 22.9 Å². The Morgan fingerprint density at radius 3 is 2.64 bits per heavy atom. The molecule has 3 aromatic rings. The van der Waals surface area contributed by atoms with E-state index in [9.17, 15) is 9.18 Å². The van der Waals surface area contributed by atoms with Crippen LogP contribution in [0.2, 0.25) is 0 Å². The van der Waals surface area contributed by atoms with Gasteiger partial charge < -0.3 is 19.3 Å². The molecule has 2 heterocycles. The van der Waals surface area contributed by atoms with Crippen LogP contribution in [0.3, 0.4) is 0 Å². The van der Waals surface area contributed by atoms with Gasteiger partial charge in [-0.3, -0.25) is 4.90 Å². The lowest BCUT2D eigenvalue weighted by Crippen LogP contribution is -2.46. The topological polar surface area (TPSA) is 89.7 Å². The molecule has 0 spiro atoms. The first-order chi connectivity index (χ1) is 16.0. The van der Waals surface area contributed by atoms with Gasteiger partial charge in [-0.25, -0.2) is 9.18 Å². The van der Waals surface area contributed by atoms with Gasteiger partial charge in [-0.2, -0.15) is 4.98 Å². The number of rotatable bonds is 7. The summed E-state index contributed by atoms with van der Waals surface area (Å²) in [6.07, 6.45) is 0.767. The van der Waals surface area contributed by atoms with Gasteiger partial charge in [0, 0.05) is 17.8 Å². The average molecular weight is 452 g/mol. The zero-order valence-electron chi connectivity index (χ0n) is 18.9. The fourth-order valence-corrected chi connectivity index (χ4v) is 3.91. The number of urea groups is 1. The first-order valence-electron chi connectivity index (χ1n) is 10.6. The van der Waals surface area contributed by atoms with E-state index in [4.69, 9.17) is 14.0 Å². The molecule has 1 aromatic heterocycles. The molecule has 0 saturated heterocycles. The van der Waals surface area contributed by atoms with Gasteiger partial charge in [0.05, 0.1) is 25.8 Å². The number of methoxy groups -OCH3 is 2. The maximum atomic E-state index is 14.0. The number of ether oxygens (including phenoxy) is 2. The SMILES string of the molecule is CCCN1C(=O)NC(c2cccc(F)c2)C(c2nc(-c3ccc(OC)c(OC)c3)no2)=C1C. The molecule has 2 aromatic carbocycles. The first-order valence-corrected chi connectivity index (χ1v) is 10.6. The highest BCUT2D eigenvalue weighted by Crippen LogP contribution is 2.38. The maximum Gasteiger partial charge on any atom is 0.322 e. The predicted octanol–water partition coefficient (Wildman–Crippen LogP) is 4.80. The van der Waals surface area contributed by atoms with E-state index >= 15 is 0 Å². The molecule has 1 atom stereocenters. The Bertz CT molecular complexity index is 1210. The third-order valence-corrected chi connectivity index (χ3v) is 5.52. The second kappa shape index (κ2) is 9.32. The van der Waals surface area contributed by atoms with E-state index in [1.165, 1.54) is 12.1 Å². The van der Waals surface area contributed by atoms with Crippen LogP contribution in [0.5, 0.6) is 11.5 Å². The summed E-state index contributed by atoms with van der Waals surface area (Å²) in [5.41, 5.74) is 2.55. The third kappa shape index (κ3) is 4.26. The number of amides is 2. The van der Waals surface area contributed by atoms with Crippen LogP contribution in [0, 0.1) is 5.82 Å². The molecule has 172 valence electrons. The van der Waals surface area contributed by atoms with Crippen molar-refractivity contribution in [1.29, 1.82) is 0 Å². The van der Waals surface area contributed by atoms with Crippen LogP contribution in [0.4, 0.5) is 9.18 Å². The minimum Gasteiger partial charge on any atom is -0.493 e. The van der Waals surface area contributed by atoms with Gasteiger partial charge in [-0.05, 0) is 49.2 Å². The van der Waals surface area contributed by atoms with Gasteiger partial charge in [0.2, 0.25) is 5.82 Å². The molecule has 0 aliphatic carbocycles. The highest BCUT2D eigenvalue weighted by atomic mass is 19.1. The highest BCUT2D eigenvalue weighted by Gasteiger charge is 2.35. The third-order valence-electron chi connectivity index (χ3n) is 5.52. The highest BCUT2D eigenvalue weighted by molar-refractivity contribution is 5.86. The molecule has 8 nitrogen and oxygen atoms in total. The number of benzene rings is 2. The number of carbonyl (C=O) groups is 1. The van der Waals surface area contributed by atoms with E-state index in [2.05, 4.69) is 15.5 Å². The Morgan fingerprint density at radius 1 is 1.15 bits per heavy atom. The fraction of sp³-hybridized carbons (Fsp3) is 0.292. The summed E-state index contributed by atoms with van der Waals surface area (Å²) >= 11 is 0. The summed E-state index contributed by atoms with van der Waals surface area (Å²) in [5.74, 6) is 1.32. The Morgan fingerprint density at radius 2 is 1.94 bits per heavy atom. The van der Waals surface area contributed by atoms with Gasteiger partial charge in [-0.1, -0.05) is 24.2 Å². The van der Waals surface area contributed by atoms with E-state index in [0.717, 1.165) is 6.42 Å². The van der Waals surface area contributed by atoms with E-state index < -0.39 is 11.9 Å². The predicted molar refractivity (Wildman–Crippen MR) is 120 cm³/mol. The van der Waals surface area contributed by atoms with E-state index in [1.54, 1.807) is 49.5 Å². The molecule has 33 heavy (non-hydrogen) atoms. The summed E-state index contributed by atoms with van der Waals surface area (Å²) in [6, 6.07) is 10.5. The summed E-state index contributed by atoms with van der Waals surface area (Å²) in [6.45, 7) is 4.34. The smallest absolute Gasteiger partial charge is 0.322 e. The van der Waals surface area contributed by atoms with Gasteiger partial charge in [0.15, 0.2) is 11.5 Å². The molecule has 4 rings (SSSR count). The Labute approximate surface area is 191 Å². The van der Waals surface area contributed by atoms with E-state index in [1.807, 2.05) is 13.8 Å². The molecule has 0 bridgehead atoms. The van der Waals surface area contributed by atoms with Crippen molar-refractivity contribution in [1.82, 2.24) is 20.4 Å². The molecule has 1 N–H and O–H groups in total. The summed E-state index contributed by atoms with van der Waals surface area (Å²) < 4.78 is 30.3. The van der Waals surface area contributed by atoms with Crippen molar-refractivity contribution in [3.63, 3.8) is 0 Å². The van der Waals surface area contributed by atoms with Crippen LogP contribution < -0.4 is 14.8 Å². The molecular formula is C24H25FN4O4. The van der Waals surface area contributed by atoms with Gasteiger partial charge >= 0.3 is 6.03 Å². The Kier molecular flexibility index (Phi) is 6.30. The molecular weight excluding hydrogens is 427 g/mol. The number of halogens is 1. The van der Waals surface area contributed by atoms with Crippen LogP contribution >= 0.6 is 0 Å². The molecule has 1 aliphatic heterocycles. The average Bonchev–Trinajstić information content (AvgIpc) is 3.30. The summed E-state index contributed by atoms with van der Waals surface area (Å²) in [7, 11) is 3.11. The van der Waals surface area contributed by atoms with E-state index in [-0.39, 0.29) is 11.9 Å². The van der Waals surface area contributed by atoms with Crippen molar-refractivity contribution in [2.75, 3.05) is 20.8 Å². The molecule has 2 amide bonds. The minimum atomic E-state index is -0.639. The van der Waals surface area contributed by atoms with Gasteiger partial charge in [-0.15, -0.1) is 0 Å². The lowest BCUT2D eigenvalue weighted by Gasteiger charge is -2.35. The van der Waals surface area contributed by atoms with Crippen molar-refractivity contribution in [3.05, 3.63) is 65.4 Å². The van der Waals surface area contributed by atoms with Crippen LogP contribution in [-0.2, 0) is 0 Å². The van der Waals surface area contributed by atoms with Crippen molar-refractivity contribution in [2.24, 2.45) is 0 Å². The summed E-state index contributed by atoms with van der Waals surface area (Å²) in [4.78, 5) is 19.0. The van der Waals surface area contributed by atoms with Gasteiger partial charge in [0.1, 0.15) is 5.82 Å². The molecule has 0 radical (unpaired) electrons. The van der Waals surface area contributed by atoms with Crippen LogP contribution in [0.1, 0.15) is 37.8 Å². The normalized spacial score (nSPS) is 16.1. The Balaban J connectivity index is 1.80. The molecule has 0 saturated carbocycles. The monoisotopic (exact) mass is 452 g/mol. The lowest BCUT2D eigenvalue weighted by atomic mass is 9.94. The Hall–Kier alpha value is -3.88. The number of carbonyl (C=O) groups excluding carboxylic acids is 1. The zero-order valence-corrected chi connectivity index (χ0v) is 18.9. The fourth-order valence-electron chi connectivity index (χ4n) is 3.91. The van der Waals surface area contributed by atoms with Crippen molar-refractivity contribution >= 4 is 11.6 Å². The first kappa shape index (κ1) is 22.3. The number of nitrogens with zero attached hydrogens (tertiary/aromatic N) is 3. The second-order valence-corrected chi connectivity index (χ2v) is 7.58. The minimum absolute atomic E-state index is 0.243. The van der Waals surface area contributed by atoms with Crippen LogP contribution in [0.15, 0.2) is 52.7 Å². The van der Waals surface area contributed by atoms with Crippen LogP contribution in [-0.4, -0.2) is 41.8 Å². The van der Waals surface area contributed by atoms with Crippen molar-refractivity contribution < 1.29 is 23.2 Å². The summed E-state index contributed by atoms with van der Waals surface area (Å²) in [5, 5.41) is 7.10. The maximum absolute atomic E-state index is 14.0. The van der Waals surface area contributed by atoms with Crippen LogP contribution in [0.25, 0.3) is 17.0 Å². The molecule has 1 aliphatic rings. The molecule has 0 fully saturated rings. The largest absolute Gasteiger partial charge is 0.493 e. The number of allylic oxidation sites excluding steroid dienone is 1. The zero-order chi connectivity index (χ0) is 23.5. The van der Waals surface area contributed by atoms with Gasteiger partial charge in [0.25, 0.3) is 5.89 Å². The molecule has 1 unspecified atom stereocenters.